The van der Waals surface area contributed by atoms with Crippen molar-refractivity contribution in [2.24, 2.45) is 0 Å². The molecule has 0 spiro atoms. The maximum atomic E-state index is 11.6. The van der Waals surface area contributed by atoms with Crippen LogP contribution in [0, 0.1) is 0 Å². The van der Waals surface area contributed by atoms with E-state index in [0.29, 0.717) is 18.8 Å². The summed E-state index contributed by atoms with van der Waals surface area (Å²) < 4.78 is 0. The summed E-state index contributed by atoms with van der Waals surface area (Å²) in [4.78, 5) is 28.8. The molecule has 5 nitrogen and oxygen atoms in total. The summed E-state index contributed by atoms with van der Waals surface area (Å²) in [5, 5.41) is 2.56. The van der Waals surface area contributed by atoms with Crippen LogP contribution in [0.4, 0.5) is 0 Å². The molecule has 0 radical (unpaired) electrons. The number of carbonyl (C=O) groups excluding carboxylic acids is 2. The minimum absolute atomic E-state index is 0.0110. The third kappa shape index (κ3) is 3.86. The number of likely N-dealkylation sites (N-methyl/N-ethyl adjacent to an activating group) is 1. The standard InChI is InChI=1S/C12H17N3O2/c1-3-15(4-2)11(16)9-14-12(17)10-7-5-6-8-13-10/h5-8H,3-4,9H2,1-2H3,(H,14,17). The Morgan fingerprint density at radius 3 is 2.53 bits per heavy atom. The number of rotatable bonds is 5. The fourth-order valence-corrected chi connectivity index (χ4v) is 1.43. The van der Waals surface area contributed by atoms with Gasteiger partial charge in [0.2, 0.25) is 5.91 Å². The molecule has 1 rings (SSSR count). The van der Waals surface area contributed by atoms with E-state index < -0.39 is 0 Å². The zero-order valence-corrected chi connectivity index (χ0v) is 10.1. The highest BCUT2D eigenvalue weighted by molar-refractivity contribution is 5.94. The molecule has 0 unspecified atom stereocenters. The Kier molecular flexibility index (Phi) is 5.13. The fraction of sp³-hybridized carbons (Fsp3) is 0.417. The quantitative estimate of drug-likeness (QED) is 0.816. The minimum Gasteiger partial charge on any atom is -0.342 e. The van der Waals surface area contributed by atoms with Gasteiger partial charge in [-0.15, -0.1) is 0 Å². The molecule has 1 heterocycles. The molecule has 0 saturated heterocycles. The summed E-state index contributed by atoms with van der Waals surface area (Å²) in [7, 11) is 0. The van der Waals surface area contributed by atoms with Crippen molar-refractivity contribution >= 4 is 11.8 Å². The molecule has 1 aromatic rings. The van der Waals surface area contributed by atoms with Crippen molar-refractivity contribution in [1.82, 2.24) is 15.2 Å². The third-order valence-electron chi connectivity index (χ3n) is 2.41. The van der Waals surface area contributed by atoms with Crippen LogP contribution in [0.3, 0.4) is 0 Å². The molecule has 0 aliphatic carbocycles. The molecule has 0 aromatic carbocycles. The smallest absolute Gasteiger partial charge is 0.270 e. The molecular formula is C12H17N3O2. The third-order valence-corrected chi connectivity index (χ3v) is 2.41. The van der Waals surface area contributed by atoms with E-state index in [1.807, 2.05) is 13.8 Å². The number of amides is 2. The van der Waals surface area contributed by atoms with Gasteiger partial charge < -0.3 is 10.2 Å². The summed E-state index contributed by atoms with van der Waals surface area (Å²) in [6.07, 6.45) is 1.54. The molecule has 1 N–H and O–H groups in total. The summed E-state index contributed by atoms with van der Waals surface area (Å²) in [5.41, 5.74) is 0.319. The van der Waals surface area contributed by atoms with Gasteiger partial charge in [-0.1, -0.05) is 6.07 Å². The number of hydrogen-bond donors (Lipinski definition) is 1. The summed E-state index contributed by atoms with van der Waals surface area (Å²) in [6, 6.07) is 5.07. The van der Waals surface area contributed by atoms with Gasteiger partial charge in [0.05, 0.1) is 6.54 Å². The Morgan fingerprint density at radius 1 is 1.29 bits per heavy atom. The fourth-order valence-electron chi connectivity index (χ4n) is 1.43. The van der Waals surface area contributed by atoms with Gasteiger partial charge in [0, 0.05) is 19.3 Å². The number of pyridine rings is 1. The first-order valence-electron chi connectivity index (χ1n) is 5.66. The second-order valence-electron chi connectivity index (χ2n) is 3.46. The number of carbonyl (C=O) groups is 2. The van der Waals surface area contributed by atoms with Gasteiger partial charge >= 0.3 is 0 Å². The Balaban J connectivity index is 2.46. The van der Waals surface area contributed by atoms with Crippen molar-refractivity contribution in [3.63, 3.8) is 0 Å². The van der Waals surface area contributed by atoms with E-state index in [1.54, 1.807) is 29.3 Å². The Hall–Kier alpha value is -1.91. The van der Waals surface area contributed by atoms with Crippen LogP contribution in [0.2, 0.25) is 0 Å². The van der Waals surface area contributed by atoms with E-state index in [1.165, 1.54) is 0 Å². The van der Waals surface area contributed by atoms with Crippen molar-refractivity contribution in [1.29, 1.82) is 0 Å². The van der Waals surface area contributed by atoms with Gasteiger partial charge in [-0.25, -0.2) is 0 Å². The van der Waals surface area contributed by atoms with Gasteiger partial charge in [0.15, 0.2) is 0 Å². The van der Waals surface area contributed by atoms with E-state index in [4.69, 9.17) is 0 Å². The van der Waals surface area contributed by atoms with Crippen LogP contribution in [0.15, 0.2) is 24.4 Å². The molecule has 0 fully saturated rings. The first-order valence-corrected chi connectivity index (χ1v) is 5.66. The lowest BCUT2D eigenvalue weighted by atomic mass is 10.3. The Morgan fingerprint density at radius 2 is 2.00 bits per heavy atom. The SMILES string of the molecule is CCN(CC)C(=O)CNC(=O)c1ccccn1. The van der Waals surface area contributed by atoms with E-state index in [0.717, 1.165) is 0 Å². The molecule has 0 aliphatic heterocycles. The van der Waals surface area contributed by atoms with Crippen molar-refractivity contribution in [3.8, 4) is 0 Å². The van der Waals surface area contributed by atoms with Gasteiger partial charge in [-0.3, -0.25) is 14.6 Å². The molecule has 92 valence electrons. The Labute approximate surface area is 101 Å². The van der Waals surface area contributed by atoms with Crippen LogP contribution < -0.4 is 5.32 Å². The molecule has 5 heteroatoms. The number of nitrogens with zero attached hydrogens (tertiary/aromatic N) is 2. The van der Waals surface area contributed by atoms with Crippen LogP contribution in [-0.4, -0.2) is 41.3 Å². The van der Waals surface area contributed by atoms with E-state index >= 15 is 0 Å². The monoisotopic (exact) mass is 235 g/mol. The van der Waals surface area contributed by atoms with Crippen LogP contribution in [0.25, 0.3) is 0 Å². The topological polar surface area (TPSA) is 62.3 Å². The maximum absolute atomic E-state index is 11.6. The van der Waals surface area contributed by atoms with Gasteiger partial charge in [0.1, 0.15) is 5.69 Å². The van der Waals surface area contributed by atoms with Crippen LogP contribution in [0.5, 0.6) is 0 Å². The number of aromatic nitrogens is 1. The lowest BCUT2D eigenvalue weighted by molar-refractivity contribution is -0.129. The molecule has 2 amide bonds. The molecule has 0 saturated carbocycles. The van der Waals surface area contributed by atoms with Crippen molar-refractivity contribution < 1.29 is 9.59 Å². The first-order chi connectivity index (χ1) is 8.19. The lowest BCUT2D eigenvalue weighted by Gasteiger charge is -2.18. The second-order valence-corrected chi connectivity index (χ2v) is 3.46. The lowest BCUT2D eigenvalue weighted by Crippen LogP contribution is -2.40. The van der Waals surface area contributed by atoms with Gasteiger partial charge in [0.25, 0.3) is 5.91 Å². The summed E-state index contributed by atoms with van der Waals surface area (Å²) >= 11 is 0. The van der Waals surface area contributed by atoms with Gasteiger partial charge in [-0.2, -0.15) is 0 Å². The minimum atomic E-state index is -0.328. The van der Waals surface area contributed by atoms with E-state index in [2.05, 4.69) is 10.3 Å². The van der Waals surface area contributed by atoms with Crippen LogP contribution in [0.1, 0.15) is 24.3 Å². The highest BCUT2D eigenvalue weighted by Crippen LogP contribution is 1.93. The zero-order valence-electron chi connectivity index (χ0n) is 10.1. The average Bonchev–Trinajstić information content (AvgIpc) is 2.38. The number of nitrogens with one attached hydrogen (secondary N) is 1. The maximum Gasteiger partial charge on any atom is 0.270 e. The number of hydrogen-bond acceptors (Lipinski definition) is 3. The van der Waals surface area contributed by atoms with Crippen LogP contribution in [-0.2, 0) is 4.79 Å². The predicted molar refractivity (Wildman–Crippen MR) is 64.5 cm³/mol. The second kappa shape index (κ2) is 6.62. The predicted octanol–water partition coefficient (Wildman–Crippen LogP) is 0.680. The Bertz CT molecular complexity index is 375. The summed E-state index contributed by atoms with van der Waals surface area (Å²) in [6.45, 7) is 5.12. The highest BCUT2D eigenvalue weighted by atomic mass is 16.2. The highest BCUT2D eigenvalue weighted by Gasteiger charge is 2.12. The molecule has 0 aliphatic rings. The largest absolute Gasteiger partial charge is 0.342 e. The van der Waals surface area contributed by atoms with Crippen molar-refractivity contribution in [2.45, 2.75) is 13.8 Å². The molecule has 0 atom stereocenters. The van der Waals surface area contributed by atoms with Crippen molar-refractivity contribution in [3.05, 3.63) is 30.1 Å². The van der Waals surface area contributed by atoms with Crippen molar-refractivity contribution in [2.75, 3.05) is 19.6 Å². The van der Waals surface area contributed by atoms with Crippen LogP contribution >= 0.6 is 0 Å². The molecule has 17 heavy (non-hydrogen) atoms. The van der Waals surface area contributed by atoms with E-state index in [-0.39, 0.29) is 18.4 Å². The zero-order chi connectivity index (χ0) is 12.7. The normalized spacial score (nSPS) is 9.76. The van der Waals surface area contributed by atoms with Gasteiger partial charge in [-0.05, 0) is 26.0 Å². The summed E-state index contributed by atoms with van der Waals surface area (Å²) in [5.74, 6) is -0.412. The van der Waals surface area contributed by atoms with E-state index in [9.17, 15) is 9.59 Å². The molecule has 0 bridgehead atoms. The molecular weight excluding hydrogens is 218 g/mol. The molecule has 1 aromatic heterocycles. The average molecular weight is 235 g/mol. The first kappa shape index (κ1) is 13.2.